The van der Waals surface area contributed by atoms with Crippen molar-refractivity contribution in [3.63, 3.8) is 0 Å². The van der Waals surface area contributed by atoms with Gasteiger partial charge < -0.3 is 15.1 Å². The van der Waals surface area contributed by atoms with Crippen molar-refractivity contribution in [3.8, 4) is 5.69 Å². The molecule has 1 unspecified atom stereocenters. The van der Waals surface area contributed by atoms with E-state index in [1.165, 1.54) is 11.3 Å². The Morgan fingerprint density at radius 1 is 1.11 bits per heavy atom. The van der Waals surface area contributed by atoms with Crippen LogP contribution < -0.4 is 10.2 Å². The maximum atomic E-state index is 12.9. The fourth-order valence-electron chi connectivity index (χ4n) is 4.23. The molecular formula is C21H22N6O. The first-order chi connectivity index (χ1) is 13.8. The Morgan fingerprint density at radius 2 is 2.04 bits per heavy atom. The molecule has 3 aromatic rings. The Bertz CT molecular complexity index is 986. The number of aromatic nitrogens is 3. The standard InChI is InChI=1S/C21H22N6O/c28-21(23-17-6-3-7-18(14-17)27-12-9-22-24-27)25-10-4-11-26-19(15-25)13-16-5-1-2-8-20(16)26/h1-3,5-9,12,14,19H,4,10-11,13,15H2,(H,23,28). The van der Waals surface area contributed by atoms with Crippen molar-refractivity contribution in [2.75, 3.05) is 29.9 Å². The van der Waals surface area contributed by atoms with Gasteiger partial charge in [-0.1, -0.05) is 29.5 Å². The number of urea groups is 1. The van der Waals surface area contributed by atoms with Gasteiger partial charge in [0.25, 0.3) is 0 Å². The predicted molar refractivity (Wildman–Crippen MR) is 108 cm³/mol. The minimum Gasteiger partial charge on any atom is -0.366 e. The average molecular weight is 374 g/mol. The summed E-state index contributed by atoms with van der Waals surface area (Å²) in [5, 5.41) is 10.9. The third-order valence-corrected chi connectivity index (χ3v) is 5.53. The first-order valence-corrected chi connectivity index (χ1v) is 9.65. The molecule has 7 nitrogen and oxygen atoms in total. The maximum absolute atomic E-state index is 12.9. The monoisotopic (exact) mass is 374 g/mol. The lowest BCUT2D eigenvalue weighted by molar-refractivity contribution is 0.211. The third kappa shape index (κ3) is 3.09. The molecule has 2 amide bonds. The number of carbonyl (C=O) groups is 1. The van der Waals surface area contributed by atoms with Crippen LogP contribution in [0.15, 0.2) is 60.9 Å². The van der Waals surface area contributed by atoms with Gasteiger partial charge >= 0.3 is 6.03 Å². The quantitative estimate of drug-likeness (QED) is 0.749. The Labute approximate surface area is 163 Å². The van der Waals surface area contributed by atoms with Gasteiger partial charge in [-0.3, -0.25) is 0 Å². The van der Waals surface area contributed by atoms with Crippen molar-refractivity contribution in [2.45, 2.75) is 18.9 Å². The van der Waals surface area contributed by atoms with Crippen molar-refractivity contribution < 1.29 is 4.79 Å². The van der Waals surface area contributed by atoms with Crippen LogP contribution in [0.1, 0.15) is 12.0 Å². The summed E-state index contributed by atoms with van der Waals surface area (Å²) in [6, 6.07) is 16.5. The molecule has 1 aromatic heterocycles. The van der Waals surface area contributed by atoms with Crippen LogP contribution in [0, 0.1) is 0 Å². The highest BCUT2D eigenvalue weighted by Crippen LogP contribution is 2.33. The zero-order chi connectivity index (χ0) is 18.9. The lowest BCUT2D eigenvalue weighted by atomic mass is 10.1. The van der Waals surface area contributed by atoms with Crippen molar-refractivity contribution in [1.29, 1.82) is 0 Å². The fraction of sp³-hybridized carbons (Fsp3) is 0.286. The summed E-state index contributed by atoms with van der Waals surface area (Å²) in [6.45, 7) is 2.50. The van der Waals surface area contributed by atoms with E-state index in [-0.39, 0.29) is 6.03 Å². The van der Waals surface area contributed by atoms with Crippen LogP contribution in [0.25, 0.3) is 5.69 Å². The van der Waals surface area contributed by atoms with Gasteiger partial charge in [-0.25, -0.2) is 9.48 Å². The van der Waals surface area contributed by atoms with Gasteiger partial charge in [0.15, 0.2) is 0 Å². The lowest BCUT2D eigenvalue weighted by Gasteiger charge is -2.27. The van der Waals surface area contributed by atoms with E-state index in [0.29, 0.717) is 6.04 Å². The van der Waals surface area contributed by atoms with Gasteiger partial charge in [0.1, 0.15) is 0 Å². The van der Waals surface area contributed by atoms with Crippen LogP contribution in [0.4, 0.5) is 16.2 Å². The molecule has 5 rings (SSSR count). The lowest BCUT2D eigenvalue weighted by Crippen LogP contribution is -2.43. The maximum Gasteiger partial charge on any atom is 0.321 e. The molecule has 1 saturated heterocycles. The van der Waals surface area contributed by atoms with Crippen molar-refractivity contribution in [2.24, 2.45) is 0 Å². The highest BCUT2D eigenvalue weighted by atomic mass is 16.2. The average Bonchev–Trinajstić information content (AvgIpc) is 3.31. The van der Waals surface area contributed by atoms with Gasteiger partial charge in [-0.15, -0.1) is 5.10 Å². The first-order valence-electron chi connectivity index (χ1n) is 9.65. The molecule has 1 N–H and O–H groups in total. The topological polar surface area (TPSA) is 66.3 Å². The molecule has 0 saturated carbocycles. The summed E-state index contributed by atoms with van der Waals surface area (Å²) in [5.74, 6) is 0. The second kappa shape index (κ2) is 6.99. The van der Waals surface area contributed by atoms with E-state index in [1.807, 2.05) is 29.2 Å². The Balaban J connectivity index is 1.30. The van der Waals surface area contributed by atoms with E-state index < -0.39 is 0 Å². The largest absolute Gasteiger partial charge is 0.366 e. The summed E-state index contributed by atoms with van der Waals surface area (Å²) < 4.78 is 1.68. The molecule has 2 aliphatic heterocycles. The van der Waals surface area contributed by atoms with Crippen LogP contribution in [-0.4, -0.2) is 51.6 Å². The fourth-order valence-corrected chi connectivity index (χ4v) is 4.23. The number of hydrogen-bond donors (Lipinski definition) is 1. The van der Waals surface area contributed by atoms with E-state index >= 15 is 0 Å². The number of nitrogens with one attached hydrogen (secondary N) is 1. The number of rotatable bonds is 2. The minimum atomic E-state index is -0.0476. The molecule has 0 spiro atoms. The van der Waals surface area contributed by atoms with Gasteiger partial charge in [0, 0.05) is 31.0 Å². The molecule has 142 valence electrons. The van der Waals surface area contributed by atoms with E-state index in [1.54, 1.807) is 17.1 Å². The number of fused-ring (bicyclic) bond motifs is 3. The van der Waals surface area contributed by atoms with Crippen LogP contribution in [0.3, 0.4) is 0 Å². The summed E-state index contributed by atoms with van der Waals surface area (Å²) in [6.07, 6.45) is 5.38. The van der Waals surface area contributed by atoms with Crippen molar-refractivity contribution in [1.82, 2.24) is 19.9 Å². The summed E-state index contributed by atoms with van der Waals surface area (Å²) in [5.41, 5.74) is 4.34. The second-order valence-electron chi connectivity index (χ2n) is 7.31. The highest BCUT2D eigenvalue weighted by Gasteiger charge is 2.33. The Kier molecular flexibility index (Phi) is 4.20. The molecule has 3 heterocycles. The number of hydrogen-bond acceptors (Lipinski definition) is 4. The second-order valence-corrected chi connectivity index (χ2v) is 7.31. The number of para-hydroxylation sites is 1. The number of benzene rings is 2. The van der Waals surface area contributed by atoms with Gasteiger partial charge in [-0.05, 0) is 42.7 Å². The minimum absolute atomic E-state index is 0.0476. The number of carbonyl (C=O) groups excluding carboxylic acids is 1. The summed E-state index contributed by atoms with van der Waals surface area (Å²) in [7, 11) is 0. The third-order valence-electron chi connectivity index (χ3n) is 5.53. The zero-order valence-corrected chi connectivity index (χ0v) is 15.5. The summed E-state index contributed by atoms with van der Waals surface area (Å²) in [4.78, 5) is 17.4. The van der Waals surface area contributed by atoms with E-state index in [0.717, 1.165) is 43.9 Å². The van der Waals surface area contributed by atoms with Gasteiger partial charge in [-0.2, -0.15) is 0 Å². The summed E-state index contributed by atoms with van der Waals surface area (Å²) >= 11 is 0. The molecule has 1 fully saturated rings. The molecule has 0 bridgehead atoms. The number of amides is 2. The molecule has 0 aliphatic carbocycles. The van der Waals surface area contributed by atoms with Gasteiger partial charge in [0.2, 0.25) is 0 Å². The molecular weight excluding hydrogens is 352 g/mol. The molecule has 28 heavy (non-hydrogen) atoms. The van der Waals surface area contributed by atoms with Crippen molar-refractivity contribution >= 4 is 17.4 Å². The molecule has 0 radical (unpaired) electrons. The van der Waals surface area contributed by atoms with Crippen LogP contribution >= 0.6 is 0 Å². The molecule has 7 heteroatoms. The number of nitrogens with zero attached hydrogens (tertiary/aromatic N) is 5. The Hall–Kier alpha value is -3.35. The van der Waals surface area contributed by atoms with Gasteiger partial charge in [0.05, 0.1) is 24.1 Å². The Morgan fingerprint density at radius 3 is 2.93 bits per heavy atom. The van der Waals surface area contributed by atoms with Crippen molar-refractivity contribution in [3.05, 3.63) is 66.5 Å². The smallest absolute Gasteiger partial charge is 0.321 e. The number of anilines is 2. The predicted octanol–water partition coefficient (Wildman–Crippen LogP) is 2.94. The molecule has 2 aliphatic rings. The SMILES string of the molecule is O=C(Nc1cccc(-n2ccnn2)c1)N1CCCN2c3ccccc3CC2C1. The zero-order valence-electron chi connectivity index (χ0n) is 15.5. The highest BCUT2D eigenvalue weighted by molar-refractivity contribution is 5.89. The normalized spacial score (nSPS) is 18.4. The van der Waals surface area contributed by atoms with E-state index in [9.17, 15) is 4.79 Å². The van der Waals surface area contributed by atoms with E-state index in [4.69, 9.17) is 0 Å². The molecule has 2 aromatic carbocycles. The van der Waals surface area contributed by atoms with Crippen LogP contribution in [0.2, 0.25) is 0 Å². The van der Waals surface area contributed by atoms with E-state index in [2.05, 4.69) is 44.8 Å². The van der Waals surface area contributed by atoms with Crippen LogP contribution in [0.5, 0.6) is 0 Å². The first kappa shape index (κ1) is 16.8. The molecule has 1 atom stereocenters. The van der Waals surface area contributed by atoms with Crippen LogP contribution in [-0.2, 0) is 6.42 Å².